The first-order chi connectivity index (χ1) is 40.0. The lowest BCUT2D eigenvalue weighted by molar-refractivity contribution is -0.167. The highest BCUT2D eigenvalue weighted by atomic mass is 16.6. The van der Waals surface area contributed by atoms with E-state index in [-0.39, 0.29) is 31.1 Å². The largest absolute Gasteiger partial charge is 0.462 e. The van der Waals surface area contributed by atoms with Gasteiger partial charge in [-0.25, -0.2) is 0 Å². The van der Waals surface area contributed by atoms with E-state index in [9.17, 15) is 14.4 Å². The fourth-order valence-corrected chi connectivity index (χ4v) is 10.6. The smallest absolute Gasteiger partial charge is 0.306 e. The Balaban J connectivity index is 4.12. The summed E-state index contributed by atoms with van der Waals surface area (Å²) in [6, 6.07) is 0. The first kappa shape index (κ1) is 78.1. The Hall–Kier alpha value is -2.89. The molecule has 0 radical (unpaired) electrons. The van der Waals surface area contributed by atoms with Crippen molar-refractivity contribution in [3.63, 3.8) is 0 Å². The van der Waals surface area contributed by atoms with Crippen LogP contribution in [0.5, 0.6) is 0 Å². The third-order valence-electron chi connectivity index (χ3n) is 16.0. The number of hydrogen-bond acceptors (Lipinski definition) is 6. The van der Waals surface area contributed by atoms with E-state index in [1.54, 1.807) is 0 Å². The summed E-state index contributed by atoms with van der Waals surface area (Å²) in [6.45, 7) is 6.55. The van der Waals surface area contributed by atoms with Crippen molar-refractivity contribution in [3.05, 3.63) is 60.8 Å². The zero-order valence-corrected chi connectivity index (χ0v) is 54.3. The van der Waals surface area contributed by atoms with Crippen LogP contribution in [0.25, 0.3) is 0 Å². The van der Waals surface area contributed by atoms with Crippen molar-refractivity contribution in [3.8, 4) is 0 Å². The molecule has 0 aromatic carbocycles. The molecule has 81 heavy (non-hydrogen) atoms. The van der Waals surface area contributed by atoms with Gasteiger partial charge in [0.25, 0.3) is 0 Å². The molecule has 6 nitrogen and oxygen atoms in total. The van der Waals surface area contributed by atoms with Gasteiger partial charge in [0.2, 0.25) is 0 Å². The summed E-state index contributed by atoms with van der Waals surface area (Å²) in [5.74, 6) is -0.876. The molecule has 0 aliphatic rings. The van der Waals surface area contributed by atoms with Crippen LogP contribution >= 0.6 is 0 Å². The Morgan fingerprint density at radius 2 is 0.481 bits per heavy atom. The standard InChI is InChI=1S/C75H136O6/c1-4-7-10-13-16-19-22-25-27-29-30-31-32-33-34-35-36-37-38-39-40-41-42-43-44-46-47-50-53-56-59-62-65-68-74(77)80-71-72(70-79-73(76)67-64-61-58-55-52-49-24-21-18-15-12-9-6-3)81-75(78)69-66-63-60-57-54-51-48-45-28-26-23-20-17-14-11-8-5-2/h8,11,17,20-21,24,26,28-30,72H,4-7,9-10,12-16,18-19,22-23,25,27,31-71H2,1-3H3/b11-8-,20-17-,24-21-,28-26-,30-29-. The third kappa shape index (κ3) is 67.8. The van der Waals surface area contributed by atoms with Crippen molar-refractivity contribution in [1.29, 1.82) is 0 Å². The highest BCUT2D eigenvalue weighted by Gasteiger charge is 2.19. The molecule has 472 valence electrons. The summed E-state index contributed by atoms with van der Waals surface area (Å²) >= 11 is 0. The van der Waals surface area contributed by atoms with Gasteiger partial charge in [0.1, 0.15) is 13.2 Å². The van der Waals surface area contributed by atoms with Gasteiger partial charge in [-0.2, -0.15) is 0 Å². The van der Waals surface area contributed by atoms with Crippen molar-refractivity contribution in [2.45, 2.75) is 386 Å². The van der Waals surface area contributed by atoms with Gasteiger partial charge in [-0.3, -0.25) is 14.4 Å². The number of hydrogen-bond donors (Lipinski definition) is 0. The molecule has 0 spiro atoms. The summed E-state index contributed by atoms with van der Waals surface area (Å²) in [6.07, 6.45) is 89.9. The highest BCUT2D eigenvalue weighted by molar-refractivity contribution is 5.71. The molecule has 0 saturated carbocycles. The average Bonchev–Trinajstić information content (AvgIpc) is 3.46. The molecular weight excluding hydrogens is 997 g/mol. The van der Waals surface area contributed by atoms with Crippen molar-refractivity contribution < 1.29 is 28.6 Å². The maximum absolute atomic E-state index is 12.9. The molecule has 0 aliphatic carbocycles. The fourth-order valence-electron chi connectivity index (χ4n) is 10.6. The number of esters is 3. The maximum Gasteiger partial charge on any atom is 0.306 e. The maximum atomic E-state index is 12.9. The Kier molecular flexibility index (Phi) is 67.1. The van der Waals surface area contributed by atoms with Crippen LogP contribution in [0.4, 0.5) is 0 Å². The van der Waals surface area contributed by atoms with Gasteiger partial charge in [-0.1, -0.05) is 319 Å². The second-order valence-corrected chi connectivity index (χ2v) is 24.1. The van der Waals surface area contributed by atoms with Crippen molar-refractivity contribution in [2.24, 2.45) is 0 Å². The molecule has 0 aromatic rings. The van der Waals surface area contributed by atoms with Gasteiger partial charge < -0.3 is 14.2 Å². The first-order valence-electron chi connectivity index (χ1n) is 35.8. The van der Waals surface area contributed by atoms with Gasteiger partial charge in [0.05, 0.1) is 0 Å². The van der Waals surface area contributed by atoms with Crippen LogP contribution in [0.15, 0.2) is 60.8 Å². The van der Waals surface area contributed by atoms with E-state index in [1.165, 1.54) is 250 Å². The molecule has 0 aliphatic heterocycles. The van der Waals surface area contributed by atoms with Crippen LogP contribution in [0.2, 0.25) is 0 Å². The van der Waals surface area contributed by atoms with Crippen molar-refractivity contribution in [2.75, 3.05) is 13.2 Å². The monoisotopic (exact) mass is 1130 g/mol. The molecule has 0 N–H and O–H groups in total. The van der Waals surface area contributed by atoms with Crippen molar-refractivity contribution in [1.82, 2.24) is 0 Å². The Morgan fingerprint density at radius 3 is 0.778 bits per heavy atom. The summed E-state index contributed by atoms with van der Waals surface area (Å²) in [5.41, 5.74) is 0. The van der Waals surface area contributed by atoms with E-state index in [1.807, 2.05) is 0 Å². The van der Waals surface area contributed by atoms with E-state index >= 15 is 0 Å². The van der Waals surface area contributed by atoms with E-state index < -0.39 is 6.10 Å². The first-order valence-corrected chi connectivity index (χ1v) is 35.8. The highest BCUT2D eigenvalue weighted by Crippen LogP contribution is 2.18. The lowest BCUT2D eigenvalue weighted by atomic mass is 10.0. The predicted molar refractivity (Wildman–Crippen MR) is 353 cm³/mol. The predicted octanol–water partition coefficient (Wildman–Crippen LogP) is 24.7. The number of unbranched alkanes of at least 4 members (excludes halogenated alkanes) is 45. The molecule has 0 amide bonds. The summed E-state index contributed by atoms with van der Waals surface area (Å²) in [4.78, 5) is 38.4. The minimum Gasteiger partial charge on any atom is -0.462 e. The third-order valence-corrected chi connectivity index (χ3v) is 16.0. The average molecular weight is 1130 g/mol. The van der Waals surface area contributed by atoms with E-state index in [0.29, 0.717) is 19.3 Å². The lowest BCUT2D eigenvalue weighted by Gasteiger charge is -2.18. The Labute approximate surface area is 504 Å². The second-order valence-electron chi connectivity index (χ2n) is 24.1. The number of rotatable bonds is 66. The lowest BCUT2D eigenvalue weighted by Crippen LogP contribution is -2.30. The minimum absolute atomic E-state index is 0.0775. The van der Waals surface area contributed by atoms with Crippen LogP contribution < -0.4 is 0 Å². The summed E-state index contributed by atoms with van der Waals surface area (Å²) < 4.78 is 16.9. The number of ether oxygens (including phenoxy) is 3. The fraction of sp³-hybridized carbons (Fsp3) is 0.827. The number of allylic oxidation sites excluding steroid dienone is 10. The SMILES string of the molecule is CC/C=C\C/C=C\C/C=C\CCCCCCCCCC(=O)OC(COC(=O)CCCCCCC/C=C\CCCCCC)COC(=O)CCCCCCCCCCCCCCCCCCCCCCC/C=C\CCCCCCCCCC. The minimum atomic E-state index is -0.782. The molecule has 0 aromatic heterocycles. The second kappa shape index (κ2) is 69.6. The van der Waals surface area contributed by atoms with Crippen LogP contribution in [0.1, 0.15) is 380 Å². The molecule has 0 saturated heterocycles. The Morgan fingerprint density at radius 1 is 0.259 bits per heavy atom. The summed E-state index contributed by atoms with van der Waals surface area (Å²) in [7, 11) is 0. The topological polar surface area (TPSA) is 78.9 Å². The van der Waals surface area contributed by atoms with E-state index in [4.69, 9.17) is 14.2 Å². The molecule has 0 heterocycles. The van der Waals surface area contributed by atoms with Crippen LogP contribution in [0, 0.1) is 0 Å². The van der Waals surface area contributed by atoms with Crippen LogP contribution in [0.3, 0.4) is 0 Å². The number of carbonyl (C=O) groups is 3. The van der Waals surface area contributed by atoms with Gasteiger partial charge in [0, 0.05) is 19.3 Å². The summed E-state index contributed by atoms with van der Waals surface area (Å²) in [5, 5.41) is 0. The van der Waals surface area contributed by atoms with E-state index in [0.717, 1.165) is 89.9 Å². The Bertz CT molecular complexity index is 1440. The van der Waals surface area contributed by atoms with E-state index in [2.05, 4.69) is 81.5 Å². The van der Waals surface area contributed by atoms with Crippen LogP contribution in [-0.4, -0.2) is 37.2 Å². The molecule has 6 heteroatoms. The zero-order valence-electron chi connectivity index (χ0n) is 54.3. The zero-order chi connectivity index (χ0) is 58.5. The van der Waals surface area contributed by atoms with Crippen molar-refractivity contribution >= 4 is 17.9 Å². The molecule has 0 fully saturated rings. The molecule has 0 rings (SSSR count). The van der Waals surface area contributed by atoms with Gasteiger partial charge in [-0.05, 0) is 103 Å². The molecular formula is C75H136O6. The van der Waals surface area contributed by atoms with Gasteiger partial charge >= 0.3 is 17.9 Å². The van der Waals surface area contributed by atoms with Gasteiger partial charge in [0.15, 0.2) is 6.10 Å². The van der Waals surface area contributed by atoms with Gasteiger partial charge in [-0.15, -0.1) is 0 Å². The normalized spacial score (nSPS) is 12.4. The molecule has 1 unspecified atom stereocenters. The molecule has 1 atom stereocenters. The molecule has 0 bridgehead atoms. The van der Waals surface area contributed by atoms with Crippen LogP contribution in [-0.2, 0) is 28.6 Å². The quantitative estimate of drug-likeness (QED) is 0.0261. The number of carbonyl (C=O) groups excluding carboxylic acids is 3.